The van der Waals surface area contributed by atoms with E-state index in [1.165, 1.54) is 26.4 Å². The van der Waals surface area contributed by atoms with Gasteiger partial charge < -0.3 is 14.2 Å². The molecule has 0 atom stereocenters. The molecule has 0 fully saturated rings. The number of methoxy groups -OCH3 is 2. The SMILES string of the molecule is COc1cc(Br)c(C(=O)COCC(F)(F)F)cc1OC. The maximum atomic E-state index is 11.9. The summed E-state index contributed by atoms with van der Waals surface area (Å²) in [4.78, 5) is 11.8. The van der Waals surface area contributed by atoms with E-state index in [4.69, 9.17) is 9.47 Å². The zero-order valence-corrected chi connectivity index (χ0v) is 12.3. The first-order valence-corrected chi connectivity index (χ1v) is 6.17. The zero-order valence-electron chi connectivity index (χ0n) is 10.7. The molecule has 0 saturated carbocycles. The maximum absolute atomic E-state index is 11.9. The summed E-state index contributed by atoms with van der Waals surface area (Å²) in [6, 6.07) is 2.87. The number of alkyl halides is 3. The molecule has 8 heteroatoms. The third-order valence-electron chi connectivity index (χ3n) is 2.27. The highest BCUT2D eigenvalue weighted by Gasteiger charge is 2.28. The summed E-state index contributed by atoms with van der Waals surface area (Å²) in [5, 5.41) is 0. The number of rotatable bonds is 6. The van der Waals surface area contributed by atoms with Crippen LogP contribution in [-0.4, -0.2) is 39.4 Å². The smallest absolute Gasteiger partial charge is 0.411 e. The predicted octanol–water partition coefficient (Wildman–Crippen LogP) is 3.23. The Kier molecular flexibility index (Phi) is 5.82. The van der Waals surface area contributed by atoms with Crippen molar-refractivity contribution in [2.75, 3.05) is 27.4 Å². The van der Waals surface area contributed by atoms with E-state index >= 15 is 0 Å². The highest BCUT2D eigenvalue weighted by Crippen LogP contribution is 2.33. The van der Waals surface area contributed by atoms with Crippen molar-refractivity contribution in [2.45, 2.75) is 6.18 Å². The second-order valence-electron chi connectivity index (χ2n) is 3.72. The molecule has 1 aromatic carbocycles. The molecule has 0 unspecified atom stereocenters. The Morgan fingerprint density at radius 1 is 1.20 bits per heavy atom. The van der Waals surface area contributed by atoms with Crippen LogP contribution in [0.4, 0.5) is 13.2 Å². The number of ether oxygens (including phenoxy) is 3. The van der Waals surface area contributed by atoms with Gasteiger partial charge in [0.25, 0.3) is 0 Å². The molecule has 0 heterocycles. The fourth-order valence-electron chi connectivity index (χ4n) is 1.41. The van der Waals surface area contributed by atoms with Crippen LogP contribution in [0.3, 0.4) is 0 Å². The average molecular weight is 357 g/mol. The molecule has 0 aliphatic carbocycles. The van der Waals surface area contributed by atoms with Gasteiger partial charge in [-0.05, 0) is 28.1 Å². The van der Waals surface area contributed by atoms with Gasteiger partial charge in [0, 0.05) is 10.0 Å². The number of carbonyl (C=O) groups excluding carboxylic acids is 1. The molecule has 0 aliphatic rings. The molecule has 0 saturated heterocycles. The van der Waals surface area contributed by atoms with Gasteiger partial charge in [-0.25, -0.2) is 0 Å². The third kappa shape index (κ3) is 4.68. The van der Waals surface area contributed by atoms with Gasteiger partial charge in [0.1, 0.15) is 13.2 Å². The molecule has 0 spiro atoms. The van der Waals surface area contributed by atoms with Crippen molar-refractivity contribution in [2.24, 2.45) is 0 Å². The number of carbonyl (C=O) groups is 1. The van der Waals surface area contributed by atoms with Crippen LogP contribution in [0, 0.1) is 0 Å². The van der Waals surface area contributed by atoms with Gasteiger partial charge in [0.2, 0.25) is 0 Å². The molecule has 4 nitrogen and oxygen atoms in total. The van der Waals surface area contributed by atoms with Gasteiger partial charge in [0.05, 0.1) is 14.2 Å². The molecular formula is C12H12BrF3O4. The van der Waals surface area contributed by atoms with Crippen molar-refractivity contribution in [3.05, 3.63) is 22.2 Å². The first-order chi connectivity index (χ1) is 9.28. The van der Waals surface area contributed by atoms with Crippen LogP contribution in [0.15, 0.2) is 16.6 Å². The van der Waals surface area contributed by atoms with Crippen molar-refractivity contribution in [3.8, 4) is 11.5 Å². The summed E-state index contributed by atoms with van der Waals surface area (Å²) >= 11 is 3.15. The summed E-state index contributed by atoms with van der Waals surface area (Å²) in [6.45, 7) is -2.14. The lowest BCUT2D eigenvalue weighted by Gasteiger charge is -2.12. The first kappa shape index (κ1) is 16.8. The molecule has 0 aliphatic heterocycles. The summed E-state index contributed by atoms with van der Waals surface area (Å²) in [5.41, 5.74) is 0.157. The topological polar surface area (TPSA) is 44.8 Å². The summed E-state index contributed by atoms with van der Waals surface area (Å²) in [5.74, 6) is 0.101. The molecule has 20 heavy (non-hydrogen) atoms. The highest BCUT2D eigenvalue weighted by molar-refractivity contribution is 9.10. The van der Waals surface area contributed by atoms with E-state index in [9.17, 15) is 18.0 Å². The monoisotopic (exact) mass is 356 g/mol. The fraction of sp³-hybridized carbons (Fsp3) is 0.417. The van der Waals surface area contributed by atoms with Gasteiger partial charge in [0.15, 0.2) is 17.3 Å². The standard InChI is InChI=1S/C12H12BrF3O4/c1-18-10-3-7(8(13)4-11(10)19-2)9(17)5-20-6-12(14,15)16/h3-4H,5-6H2,1-2H3. The van der Waals surface area contributed by atoms with Crippen molar-refractivity contribution in [3.63, 3.8) is 0 Å². The first-order valence-electron chi connectivity index (χ1n) is 5.37. The molecule has 0 amide bonds. The van der Waals surface area contributed by atoms with Gasteiger partial charge in [-0.3, -0.25) is 4.79 Å². The lowest BCUT2D eigenvalue weighted by Crippen LogP contribution is -2.20. The quantitative estimate of drug-likeness (QED) is 0.734. The maximum Gasteiger partial charge on any atom is 0.411 e. The lowest BCUT2D eigenvalue weighted by atomic mass is 10.1. The molecule has 0 aromatic heterocycles. The average Bonchev–Trinajstić information content (AvgIpc) is 2.36. The van der Waals surface area contributed by atoms with Crippen LogP contribution in [0.1, 0.15) is 10.4 Å². The Bertz CT molecular complexity index is 488. The molecule has 0 bridgehead atoms. The van der Waals surface area contributed by atoms with Crippen LogP contribution < -0.4 is 9.47 Å². The van der Waals surface area contributed by atoms with Gasteiger partial charge in [-0.2, -0.15) is 13.2 Å². The summed E-state index contributed by atoms with van der Waals surface area (Å²) in [6.07, 6.45) is -4.46. The largest absolute Gasteiger partial charge is 0.493 e. The Balaban J connectivity index is 2.82. The van der Waals surface area contributed by atoms with Crippen LogP contribution in [0.2, 0.25) is 0 Å². The van der Waals surface area contributed by atoms with E-state index in [1.807, 2.05) is 0 Å². The Morgan fingerprint density at radius 3 is 2.25 bits per heavy atom. The molecule has 1 rings (SSSR count). The van der Waals surface area contributed by atoms with Gasteiger partial charge in [-0.15, -0.1) is 0 Å². The third-order valence-corrected chi connectivity index (χ3v) is 2.93. The van der Waals surface area contributed by atoms with Crippen LogP contribution in [0.25, 0.3) is 0 Å². The van der Waals surface area contributed by atoms with Crippen LogP contribution in [0.5, 0.6) is 11.5 Å². The highest BCUT2D eigenvalue weighted by atomic mass is 79.9. The Morgan fingerprint density at radius 2 is 1.75 bits per heavy atom. The molecule has 0 N–H and O–H groups in total. The molecule has 0 radical (unpaired) electrons. The number of ketones is 1. The second-order valence-corrected chi connectivity index (χ2v) is 4.57. The van der Waals surface area contributed by atoms with E-state index in [1.54, 1.807) is 0 Å². The number of hydrogen-bond acceptors (Lipinski definition) is 4. The van der Waals surface area contributed by atoms with Gasteiger partial charge in [-0.1, -0.05) is 0 Å². The van der Waals surface area contributed by atoms with E-state index in [-0.39, 0.29) is 5.56 Å². The Hall–Kier alpha value is -1.28. The minimum atomic E-state index is -4.46. The van der Waals surface area contributed by atoms with Crippen LogP contribution in [-0.2, 0) is 4.74 Å². The van der Waals surface area contributed by atoms with E-state index < -0.39 is 25.2 Å². The van der Waals surface area contributed by atoms with E-state index in [2.05, 4.69) is 20.7 Å². The predicted molar refractivity (Wildman–Crippen MR) is 68.5 cm³/mol. The van der Waals surface area contributed by atoms with Gasteiger partial charge >= 0.3 is 6.18 Å². The van der Waals surface area contributed by atoms with Crippen LogP contribution >= 0.6 is 15.9 Å². The normalized spacial score (nSPS) is 11.3. The number of Topliss-reactive ketones (excluding diaryl/α,β-unsaturated/α-hetero) is 1. The number of halogens is 4. The van der Waals surface area contributed by atoms with Crippen molar-refractivity contribution in [1.82, 2.24) is 0 Å². The summed E-state index contributed by atoms with van der Waals surface area (Å²) in [7, 11) is 2.82. The minimum Gasteiger partial charge on any atom is -0.493 e. The lowest BCUT2D eigenvalue weighted by molar-refractivity contribution is -0.170. The summed E-state index contributed by atoms with van der Waals surface area (Å²) < 4.78 is 50.5. The minimum absolute atomic E-state index is 0.157. The second kappa shape index (κ2) is 6.94. The number of benzene rings is 1. The van der Waals surface area contributed by atoms with Crippen molar-refractivity contribution in [1.29, 1.82) is 0 Å². The van der Waals surface area contributed by atoms with E-state index in [0.717, 1.165) is 0 Å². The Labute approximate surface area is 121 Å². The van der Waals surface area contributed by atoms with E-state index in [0.29, 0.717) is 16.0 Å². The zero-order chi connectivity index (χ0) is 15.3. The molecular weight excluding hydrogens is 345 g/mol. The van der Waals surface area contributed by atoms with Crippen molar-refractivity contribution >= 4 is 21.7 Å². The van der Waals surface area contributed by atoms with Crippen molar-refractivity contribution < 1.29 is 32.2 Å². The molecule has 1 aromatic rings. The fourth-order valence-corrected chi connectivity index (χ4v) is 1.95. The number of hydrogen-bond donors (Lipinski definition) is 0. The molecule has 112 valence electrons.